The summed E-state index contributed by atoms with van der Waals surface area (Å²) in [5.41, 5.74) is -0.342. The van der Waals surface area contributed by atoms with Crippen molar-refractivity contribution < 1.29 is 4.74 Å². The zero-order chi connectivity index (χ0) is 9.84. The van der Waals surface area contributed by atoms with Gasteiger partial charge in [-0.15, -0.1) is 4.91 Å². The van der Waals surface area contributed by atoms with Crippen molar-refractivity contribution in [3.63, 3.8) is 0 Å². The Morgan fingerprint density at radius 1 is 1.54 bits per heavy atom. The van der Waals surface area contributed by atoms with Crippen molar-refractivity contribution in [3.8, 4) is 5.75 Å². The van der Waals surface area contributed by atoms with Crippen molar-refractivity contribution in [2.24, 2.45) is 5.18 Å². The predicted molar refractivity (Wildman–Crippen MR) is 52.4 cm³/mol. The number of nitroso groups, excluding NO2 is 1. The molecule has 0 heterocycles. The van der Waals surface area contributed by atoms with Gasteiger partial charge in [0, 0.05) is 0 Å². The zero-order valence-electron chi connectivity index (χ0n) is 6.83. The third kappa shape index (κ3) is 2.32. The largest absolute Gasteiger partial charge is 0.495 e. The molecule has 0 N–H and O–H groups in total. The number of ether oxygens (including phenoxy) is 1. The van der Waals surface area contributed by atoms with Crippen LogP contribution in [-0.2, 0) is 0 Å². The van der Waals surface area contributed by atoms with E-state index in [1.54, 1.807) is 18.2 Å². The van der Waals surface area contributed by atoms with Crippen LogP contribution >= 0.6 is 23.2 Å². The van der Waals surface area contributed by atoms with Gasteiger partial charge in [0.25, 0.3) is 0 Å². The van der Waals surface area contributed by atoms with Crippen molar-refractivity contribution >= 4 is 23.2 Å². The molecule has 1 unspecified atom stereocenters. The fraction of sp³-hybridized carbons (Fsp3) is 0.250. The van der Waals surface area contributed by atoms with Crippen LogP contribution in [0.4, 0.5) is 0 Å². The molecule has 70 valence electrons. The van der Waals surface area contributed by atoms with Crippen LogP contribution in [0.2, 0.25) is 5.02 Å². The number of alkyl halides is 1. The molecule has 0 aliphatic heterocycles. The molecule has 0 aliphatic rings. The van der Waals surface area contributed by atoms with Crippen LogP contribution in [0.15, 0.2) is 23.4 Å². The van der Waals surface area contributed by atoms with Crippen LogP contribution in [-0.4, -0.2) is 7.11 Å². The minimum atomic E-state index is -0.900. The van der Waals surface area contributed by atoms with Crippen LogP contribution in [0, 0.1) is 4.91 Å². The lowest BCUT2D eigenvalue weighted by Crippen LogP contribution is -1.88. The molecule has 5 heteroatoms. The van der Waals surface area contributed by atoms with E-state index in [1.807, 2.05) is 0 Å². The highest BCUT2D eigenvalue weighted by molar-refractivity contribution is 6.32. The van der Waals surface area contributed by atoms with E-state index in [0.717, 1.165) is 0 Å². The smallest absolute Gasteiger partial charge is 0.190 e. The number of hydrogen-bond donors (Lipinski definition) is 0. The first-order valence-corrected chi connectivity index (χ1v) is 4.30. The lowest BCUT2D eigenvalue weighted by Gasteiger charge is -2.05. The summed E-state index contributed by atoms with van der Waals surface area (Å²) >= 11 is 11.4. The minimum absolute atomic E-state index is 0.411. The summed E-state index contributed by atoms with van der Waals surface area (Å²) in [7, 11) is 1.51. The van der Waals surface area contributed by atoms with Gasteiger partial charge < -0.3 is 4.74 Å². The molecule has 0 fully saturated rings. The van der Waals surface area contributed by atoms with Crippen molar-refractivity contribution in [1.82, 2.24) is 0 Å². The van der Waals surface area contributed by atoms with E-state index in [1.165, 1.54) is 7.11 Å². The molecule has 1 aromatic carbocycles. The van der Waals surface area contributed by atoms with E-state index in [9.17, 15) is 4.91 Å². The first-order chi connectivity index (χ1) is 6.19. The fourth-order valence-corrected chi connectivity index (χ4v) is 1.29. The second-order valence-corrected chi connectivity index (χ2v) is 3.16. The van der Waals surface area contributed by atoms with Crippen molar-refractivity contribution in [3.05, 3.63) is 33.7 Å². The molecule has 13 heavy (non-hydrogen) atoms. The molecule has 1 atom stereocenters. The standard InChI is InChI=1S/C8H7Cl2NO2/c1-13-7-3-2-5(4-6(7)9)8(10)11-12/h2-4,8H,1H3. The van der Waals surface area contributed by atoms with E-state index in [0.29, 0.717) is 16.3 Å². The molecule has 1 aromatic rings. The Morgan fingerprint density at radius 2 is 2.23 bits per heavy atom. The molecule has 0 aromatic heterocycles. The molecule has 1 rings (SSSR count). The lowest BCUT2D eigenvalue weighted by molar-refractivity contribution is 0.415. The van der Waals surface area contributed by atoms with Gasteiger partial charge in [0.15, 0.2) is 5.50 Å². The van der Waals surface area contributed by atoms with Crippen LogP contribution in [0.25, 0.3) is 0 Å². The number of rotatable bonds is 3. The van der Waals surface area contributed by atoms with Crippen LogP contribution in [0.3, 0.4) is 0 Å². The number of nitrogens with zero attached hydrogens (tertiary/aromatic N) is 1. The summed E-state index contributed by atoms with van der Waals surface area (Å²) in [6.45, 7) is 0. The molecule has 0 saturated carbocycles. The van der Waals surface area contributed by atoms with Gasteiger partial charge in [0.2, 0.25) is 0 Å². The topological polar surface area (TPSA) is 38.7 Å². The quantitative estimate of drug-likeness (QED) is 0.445. The van der Waals surface area contributed by atoms with Crippen LogP contribution < -0.4 is 4.74 Å². The summed E-state index contributed by atoms with van der Waals surface area (Å²) in [6, 6.07) is 4.83. The third-order valence-electron chi connectivity index (χ3n) is 1.54. The second kappa shape index (κ2) is 4.44. The van der Waals surface area contributed by atoms with Crippen molar-refractivity contribution in [1.29, 1.82) is 0 Å². The van der Waals surface area contributed by atoms with E-state index in [2.05, 4.69) is 5.18 Å². The van der Waals surface area contributed by atoms with Crippen LogP contribution in [0.5, 0.6) is 5.75 Å². The Balaban J connectivity index is 3.02. The van der Waals surface area contributed by atoms with E-state index in [-0.39, 0.29) is 0 Å². The molecule has 0 saturated heterocycles. The molecule has 3 nitrogen and oxygen atoms in total. The zero-order valence-corrected chi connectivity index (χ0v) is 8.34. The maximum Gasteiger partial charge on any atom is 0.190 e. The summed E-state index contributed by atoms with van der Waals surface area (Å²) in [4.78, 5) is 10.1. The maximum atomic E-state index is 10.1. The van der Waals surface area contributed by atoms with E-state index >= 15 is 0 Å². The Kier molecular flexibility index (Phi) is 3.51. The number of halogens is 2. The predicted octanol–water partition coefficient (Wildman–Crippen LogP) is 3.35. The van der Waals surface area contributed by atoms with Gasteiger partial charge in [-0.1, -0.05) is 29.3 Å². The van der Waals surface area contributed by atoms with Gasteiger partial charge in [-0.3, -0.25) is 0 Å². The Morgan fingerprint density at radius 3 is 2.69 bits per heavy atom. The summed E-state index contributed by atoms with van der Waals surface area (Å²) in [5, 5.41) is 3.08. The number of hydrogen-bond acceptors (Lipinski definition) is 3. The number of benzene rings is 1. The monoisotopic (exact) mass is 219 g/mol. The highest BCUT2D eigenvalue weighted by Crippen LogP contribution is 2.30. The van der Waals surface area contributed by atoms with Crippen molar-refractivity contribution in [2.75, 3.05) is 7.11 Å². The third-order valence-corrected chi connectivity index (χ3v) is 2.17. The summed E-state index contributed by atoms with van der Waals surface area (Å²) in [6.07, 6.45) is 0. The highest BCUT2D eigenvalue weighted by atomic mass is 35.5. The van der Waals surface area contributed by atoms with Crippen molar-refractivity contribution in [2.45, 2.75) is 5.50 Å². The molecule has 0 bridgehead atoms. The Hall–Kier alpha value is -0.800. The molecule has 0 radical (unpaired) electrons. The van der Waals surface area contributed by atoms with Gasteiger partial charge in [0.05, 0.1) is 12.1 Å². The van der Waals surface area contributed by atoms with Gasteiger partial charge in [-0.2, -0.15) is 0 Å². The first-order valence-electron chi connectivity index (χ1n) is 3.49. The molecule has 0 spiro atoms. The normalized spacial score (nSPS) is 12.2. The SMILES string of the molecule is COc1ccc(C(Cl)N=O)cc1Cl. The Bertz CT molecular complexity index is 317. The molecular formula is C8H7Cl2NO2. The number of methoxy groups -OCH3 is 1. The maximum absolute atomic E-state index is 10.1. The van der Waals surface area contributed by atoms with Gasteiger partial charge in [-0.05, 0) is 22.9 Å². The highest BCUT2D eigenvalue weighted by Gasteiger charge is 2.09. The average Bonchev–Trinajstić information content (AvgIpc) is 2.16. The van der Waals surface area contributed by atoms with Gasteiger partial charge in [0.1, 0.15) is 5.75 Å². The summed E-state index contributed by atoms with van der Waals surface area (Å²) in [5.74, 6) is 0.542. The second-order valence-electron chi connectivity index (χ2n) is 2.34. The summed E-state index contributed by atoms with van der Waals surface area (Å²) < 4.78 is 4.93. The minimum Gasteiger partial charge on any atom is -0.495 e. The molecule has 0 aliphatic carbocycles. The van der Waals surface area contributed by atoms with E-state index in [4.69, 9.17) is 27.9 Å². The fourth-order valence-electron chi connectivity index (χ4n) is 0.892. The Labute approximate surface area is 85.6 Å². The average molecular weight is 220 g/mol. The van der Waals surface area contributed by atoms with Gasteiger partial charge in [-0.25, -0.2) is 0 Å². The van der Waals surface area contributed by atoms with Gasteiger partial charge >= 0.3 is 0 Å². The molecule has 0 amide bonds. The first kappa shape index (κ1) is 10.3. The van der Waals surface area contributed by atoms with Crippen LogP contribution in [0.1, 0.15) is 11.1 Å². The van der Waals surface area contributed by atoms with E-state index < -0.39 is 5.50 Å². The lowest BCUT2D eigenvalue weighted by atomic mass is 10.2. The molecular weight excluding hydrogens is 213 g/mol.